The van der Waals surface area contributed by atoms with Crippen LogP contribution in [-0.2, 0) is 18.5 Å². The average Bonchev–Trinajstić information content (AvgIpc) is 3.15. The van der Waals surface area contributed by atoms with Gasteiger partial charge >= 0.3 is 0 Å². The molecule has 1 saturated heterocycles. The van der Waals surface area contributed by atoms with Gasteiger partial charge in [-0.25, -0.2) is 4.98 Å². The topological polar surface area (TPSA) is 49.7 Å². The van der Waals surface area contributed by atoms with Gasteiger partial charge in [0, 0.05) is 42.6 Å². The Morgan fingerprint density at radius 3 is 2.79 bits per heavy atom. The second-order valence-corrected chi connectivity index (χ2v) is 8.11. The van der Waals surface area contributed by atoms with Gasteiger partial charge in [-0.3, -0.25) is 10.00 Å². The first kappa shape index (κ1) is 17.2. The third kappa shape index (κ3) is 4.07. The Kier molecular flexibility index (Phi) is 5.09. The fourth-order valence-corrected chi connectivity index (χ4v) is 3.57. The Labute approximate surface area is 145 Å². The lowest BCUT2D eigenvalue weighted by Gasteiger charge is -2.35. The van der Waals surface area contributed by atoms with Gasteiger partial charge in [0.25, 0.3) is 0 Å². The Morgan fingerprint density at radius 1 is 1.29 bits per heavy atom. The van der Waals surface area contributed by atoms with Crippen molar-refractivity contribution in [2.75, 3.05) is 6.54 Å². The van der Waals surface area contributed by atoms with E-state index in [-0.39, 0.29) is 5.41 Å². The molecule has 0 bridgehead atoms. The lowest BCUT2D eigenvalue weighted by molar-refractivity contribution is 0.126. The van der Waals surface area contributed by atoms with Gasteiger partial charge in [0.1, 0.15) is 5.82 Å². The summed E-state index contributed by atoms with van der Waals surface area (Å²) in [5.41, 5.74) is 2.50. The molecule has 0 saturated carbocycles. The molecular weight excluding hydrogens is 298 g/mol. The summed E-state index contributed by atoms with van der Waals surface area (Å²) < 4.78 is 2.26. The van der Waals surface area contributed by atoms with Crippen LogP contribution in [0.25, 0.3) is 0 Å². The van der Waals surface area contributed by atoms with E-state index in [2.05, 4.69) is 64.6 Å². The number of piperidine rings is 1. The number of H-pyrrole nitrogens is 1. The number of likely N-dealkylation sites (tertiary alicyclic amines) is 1. The van der Waals surface area contributed by atoms with E-state index in [4.69, 9.17) is 0 Å². The fourth-order valence-electron chi connectivity index (χ4n) is 3.57. The molecule has 0 radical (unpaired) electrons. The van der Waals surface area contributed by atoms with Crippen molar-refractivity contribution >= 4 is 0 Å². The van der Waals surface area contributed by atoms with Gasteiger partial charge < -0.3 is 4.57 Å². The van der Waals surface area contributed by atoms with E-state index >= 15 is 0 Å². The van der Waals surface area contributed by atoms with Crippen molar-refractivity contribution in [3.05, 3.63) is 35.7 Å². The van der Waals surface area contributed by atoms with E-state index in [1.165, 1.54) is 37.9 Å². The Balaban J connectivity index is 1.62. The molecule has 5 nitrogen and oxygen atoms in total. The molecule has 1 unspecified atom stereocenters. The monoisotopic (exact) mass is 329 g/mol. The molecule has 1 atom stereocenters. The minimum Gasteiger partial charge on any atom is -0.335 e. The molecule has 3 heterocycles. The van der Waals surface area contributed by atoms with Gasteiger partial charge in [0.05, 0.1) is 5.69 Å². The van der Waals surface area contributed by atoms with Crippen LogP contribution in [0, 0.1) is 6.92 Å². The molecular formula is C19H31N5. The van der Waals surface area contributed by atoms with Crippen LogP contribution in [0.1, 0.15) is 63.7 Å². The normalized spacial score (nSPS) is 19.8. The SMILES string of the molecule is Cc1nccn1CCC1CCCCN1Cc1cc(C(C)(C)C)n[nH]1. The molecule has 1 aliphatic heterocycles. The molecule has 1 fully saturated rings. The Bertz CT molecular complexity index is 649. The Hall–Kier alpha value is -1.62. The van der Waals surface area contributed by atoms with E-state index in [1.807, 2.05) is 6.20 Å². The number of rotatable bonds is 5. The number of aromatic nitrogens is 4. The van der Waals surface area contributed by atoms with Crippen LogP contribution in [0.4, 0.5) is 0 Å². The summed E-state index contributed by atoms with van der Waals surface area (Å²) in [6.07, 6.45) is 9.13. The maximum Gasteiger partial charge on any atom is 0.105 e. The maximum atomic E-state index is 4.51. The lowest BCUT2D eigenvalue weighted by atomic mass is 9.92. The van der Waals surface area contributed by atoms with Crippen molar-refractivity contribution in [1.29, 1.82) is 0 Å². The summed E-state index contributed by atoms with van der Waals surface area (Å²) in [5.74, 6) is 1.11. The number of aromatic amines is 1. The first-order valence-electron chi connectivity index (χ1n) is 9.20. The van der Waals surface area contributed by atoms with Crippen molar-refractivity contribution in [1.82, 2.24) is 24.6 Å². The highest BCUT2D eigenvalue weighted by Crippen LogP contribution is 2.24. The number of nitrogens with zero attached hydrogens (tertiary/aromatic N) is 4. The molecule has 2 aromatic heterocycles. The minimum atomic E-state index is 0.106. The van der Waals surface area contributed by atoms with E-state index in [0.29, 0.717) is 6.04 Å². The van der Waals surface area contributed by atoms with Crippen LogP contribution in [0.2, 0.25) is 0 Å². The van der Waals surface area contributed by atoms with Gasteiger partial charge in [0.2, 0.25) is 0 Å². The summed E-state index contributed by atoms with van der Waals surface area (Å²) in [6.45, 7) is 12.0. The highest BCUT2D eigenvalue weighted by Gasteiger charge is 2.24. The molecule has 1 N–H and O–H groups in total. The lowest BCUT2D eigenvalue weighted by Crippen LogP contribution is -2.39. The molecule has 5 heteroatoms. The Morgan fingerprint density at radius 2 is 2.12 bits per heavy atom. The fraction of sp³-hybridized carbons (Fsp3) is 0.684. The van der Waals surface area contributed by atoms with Gasteiger partial charge in [-0.1, -0.05) is 27.2 Å². The van der Waals surface area contributed by atoms with Crippen LogP contribution < -0.4 is 0 Å². The van der Waals surface area contributed by atoms with Crippen LogP contribution >= 0.6 is 0 Å². The second kappa shape index (κ2) is 7.09. The first-order valence-corrected chi connectivity index (χ1v) is 9.20. The number of nitrogens with one attached hydrogen (secondary N) is 1. The third-order valence-corrected chi connectivity index (χ3v) is 5.15. The van der Waals surface area contributed by atoms with Crippen LogP contribution in [-0.4, -0.2) is 37.2 Å². The quantitative estimate of drug-likeness (QED) is 0.911. The summed E-state index contributed by atoms with van der Waals surface area (Å²) >= 11 is 0. The van der Waals surface area contributed by atoms with Gasteiger partial charge in [0.15, 0.2) is 0 Å². The summed E-state index contributed by atoms with van der Waals surface area (Å²) in [5, 5.41) is 7.76. The number of hydrogen-bond acceptors (Lipinski definition) is 3. The van der Waals surface area contributed by atoms with E-state index in [9.17, 15) is 0 Å². The molecule has 132 valence electrons. The smallest absolute Gasteiger partial charge is 0.105 e. The van der Waals surface area contributed by atoms with Gasteiger partial charge in [-0.15, -0.1) is 0 Å². The summed E-state index contributed by atoms with van der Waals surface area (Å²) in [4.78, 5) is 6.96. The van der Waals surface area contributed by atoms with Crippen molar-refractivity contribution in [2.24, 2.45) is 0 Å². The zero-order valence-electron chi connectivity index (χ0n) is 15.5. The van der Waals surface area contributed by atoms with E-state index < -0.39 is 0 Å². The van der Waals surface area contributed by atoms with Crippen molar-refractivity contribution in [3.8, 4) is 0 Å². The van der Waals surface area contributed by atoms with Crippen LogP contribution in [0.5, 0.6) is 0 Å². The maximum absolute atomic E-state index is 4.51. The number of hydrogen-bond donors (Lipinski definition) is 1. The second-order valence-electron chi connectivity index (χ2n) is 8.11. The largest absolute Gasteiger partial charge is 0.335 e. The molecule has 0 aromatic carbocycles. The molecule has 0 spiro atoms. The van der Waals surface area contributed by atoms with E-state index in [1.54, 1.807) is 0 Å². The predicted molar refractivity (Wildman–Crippen MR) is 96.9 cm³/mol. The molecule has 2 aromatic rings. The summed E-state index contributed by atoms with van der Waals surface area (Å²) in [6, 6.07) is 2.90. The number of aryl methyl sites for hydroxylation is 2. The average molecular weight is 329 g/mol. The van der Waals surface area contributed by atoms with Crippen LogP contribution in [0.15, 0.2) is 18.5 Å². The van der Waals surface area contributed by atoms with Crippen molar-refractivity contribution in [2.45, 2.75) is 77.9 Å². The zero-order chi connectivity index (χ0) is 17.2. The highest BCUT2D eigenvalue weighted by molar-refractivity contribution is 5.16. The molecule has 3 rings (SSSR count). The predicted octanol–water partition coefficient (Wildman–Crippen LogP) is 3.66. The standard InChI is InChI=1S/C19H31N5/c1-15-20-9-12-23(15)11-8-17-7-5-6-10-24(17)14-16-13-18(22-21-16)19(2,3)4/h9,12-13,17H,5-8,10-11,14H2,1-4H3,(H,21,22). The zero-order valence-corrected chi connectivity index (χ0v) is 15.5. The first-order chi connectivity index (χ1) is 11.4. The third-order valence-electron chi connectivity index (χ3n) is 5.15. The minimum absolute atomic E-state index is 0.106. The number of imidazole rings is 1. The molecule has 0 aliphatic carbocycles. The summed E-state index contributed by atoms with van der Waals surface area (Å²) in [7, 11) is 0. The van der Waals surface area contributed by atoms with Crippen LogP contribution in [0.3, 0.4) is 0 Å². The van der Waals surface area contributed by atoms with Crippen molar-refractivity contribution < 1.29 is 0 Å². The van der Waals surface area contributed by atoms with E-state index in [0.717, 1.165) is 24.6 Å². The van der Waals surface area contributed by atoms with Crippen molar-refractivity contribution in [3.63, 3.8) is 0 Å². The molecule has 24 heavy (non-hydrogen) atoms. The molecule has 0 amide bonds. The van der Waals surface area contributed by atoms with Gasteiger partial charge in [-0.05, 0) is 38.8 Å². The van der Waals surface area contributed by atoms with Gasteiger partial charge in [-0.2, -0.15) is 5.10 Å². The highest BCUT2D eigenvalue weighted by atomic mass is 15.2. The molecule has 1 aliphatic rings.